The Morgan fingerprint density at radius 2 is 2.00 bits per heavy atom. The molecule has 4 nitrogen and oxygen atoms in total. The molecule has 0 aliphatic rings. The predicted molar refractivity (Wildman–Crippen MR) is 62.0 cm³/mol. The molecule has 0 aliphatic heterocycles. The van der Waals surface area contributed by atoms with E-state index in [0.29, 0.717) is 6.61 Å². The molecular formula is C13H11NO3. The van der Waals surface area contributed by atoms with Crippen LogP contribution in [0.3, 0.4) is 0 Å². The zero-order valence-corrected chi connectivity index (χ0v) is 9.04. The molecule has 0 spiro atoms. The molecule has 1 aromatic heterocycles. The molecule has 0 amide bonds. The molecule has 86 valence electrons. The van der Waals surface area contributed by atoms with E-state index in [-0.39, 0.29) is 5.56 Å². The first-order valence-electron chi connectivity index (χ1n) is 5.11. The number of carboxylic acid groups (broad SMARTS) is 1. The van der Waals surface area contributed by atoms with Gasteiger partial charge in [0.1, 0.15) is 12.4 Å². The summed E-state index contributed by atoms with van der Waals surface area (Å²) in [5, 5.41) is 8.81. The normalized spacial score (nSPS) is 9.88. The molecule has 1 N–H and O–H groups in total. The smallest absolute Gasteiger partial charge is 0.337 e. The molecule has 1 aromatic carbocycles. The van der Waals surface area contributed by atoms with Gasteiger partial charge in [-0.1, -0.05) is 18.2 Å². The summed E-state index contributed by atoms with van der Waals surface area (Å²) in [6.45, 7) is 0.304. The van der Waals surface area contributed by atoms with Crippen LogP contribution in [-0.2, 0) is 6.61 Å². The van der Waals surface area contributed by atoms with Gasteiger partial charge in [0.05, 0.1) is 5.56 Å². The second-order valence-corrected chi connectivity index (χ2v) is 3.49. The maximum atomic E-state index is 10.7. The van der Waals surface area contributed by atoms with Crippen LogP contribution in [0.1, 0.15) is 15.9 Å². The number of hydrogen-bond donors (Lipinski definition) is 1. The highest BCUT2D eigenvalue weighted by Crippen LogP contribution is 2.11. The lowest BCUT2D eigenvalue weighted by Crippen LogP contribution is -2.01. The number of nitrogens with zero attached hydrogens (tertiary/aromatic N) is 1. The molecule has 0 saturated heterocycles. The molecule has 4 heteroatoms. The maximum Gasteiger partial charge on any atom is 0.337 e. The molecule has 0 atom stereocenters. The number of rotatable bonds is 4. The van der Waals surface area contributed by atoms with E-state index >= 15 is 0 Å². The second-order valence-electron chi connectivity index (χ2n) is 3.49. The second kappa shape index (κ2) is 5.12. The van der Waals surface area contributed by atoms with Crippen molar-refractivity contribution in [1.29, 1.82) is 0 Å². The number of aromatic carboxylic acids is 1. The first-order valence-corrected chi connectivity index (χ1v) is 5.11. The van der Waals surface area contributed by atoms with Crippen LogP contribution in [0.5, 0.6) is 5.75 Å². The number of carbonyl (C=O) groups is 1. The minimum atomic E-state index is -0.987. The Balaban J connectivity index is 2.04. The van der Waals surface area contributed by atoms with Crippen molar-refractivity contribution in [2.24, 2.45) is 0 Å². The fourth-order valence-electron chi connectivity index (χ4n) is 1.37. The molecule has 0 unspecified atom stereocenters. The van der Waals surface area contributed by atoms with E-state index in [4.69, 9.17) is 9.84 Å². The van der Waals surface area contributed by atoms with Gasteiger partial charge in [0.2, 0.25) is 0 Å². The van der Waals surface area contributed by atoms with Crippen LogP contribution < -0.4 is 4.74 Å². The average molecular weight is 229 g/mol. The molecule has 0 bridgehead atoms. The quantitative estimate of drug-likeness (QED) is 0.874. The lowest BCUT2D eigenvalue weighted by molar-refractivity contribution is 0.0696. The SMILES string of the molecule is O=C(O)c1cncc(COc2ccccc2)c1. The van der Waals surface area contributed by atoms with Crippen molar-refractivity contribution in [2.45, 2.75) is 6.61 Å². The number of para-hydroxylation sites is 1. The Bertz CT molecular complexity index is 511. The van der Waals surface area contributed by atoms with Gasteiger partial charge in [0.25, 0.3) is 0 Å². The largest absolute Gasteiger partial charge is 0.489 e. The molecule has 2 aromatic rings. The number of aromatic nitrogens is 1. The highest BCUT2D eigenvalue weighted by molar-refractivity contribution is 5.87. The van der Waals surface area contributed by atoms with E-state index in [9.17, 15) is 4.79 Å². The van der Waals surface area contributed by atoms with Crippen LogP contribution in [0.4, 0.5) is 0 Å². The Morgan fingerprint density at radius 3 is 2.71 bits per heavy atom. The number of ether oxygens (including phenoxy) is 1. The van der Waals surface area contributed by atoms with Gasteiger partial charge in [-0.2, -0.15) is 0 Å². The van der Waals surface area contributed by atoms with Crippen LogP contribution in [0.2, 0.25) is 0 Å². The minimum Gasteiger partial charge on any atom is -0.489 e. The van der Waals surface area contributed by atoms with Gasteiger partial charge in [0, 0.05) is 18.0 Å². The molecule has 0 saturated carbocycles. The summed E-state index contributed by atoms with van der Waals surface area (Å²) in [6, 6.07) is 10.9. The predicted octanol–water partition coefficient (Wildman–Crippen LogP) is 2.36. The van der Waals surface area contributed by atoms with Crippen molar-refractivity contribution in [3.63, 3.8) is 0 Å². The summed E-state index contributed by atoms with van der Waals surface area (Å²) in [6.07, 6.45) is 2.91. The van der Waals surface area contributed by atoms with Gasteiger partial charge in [-0.3, -0.25) is 4.98 Å². The van der Waals surface area contributed by atoms with Crippen molar-refractivity contribution in [2.75, 3.05) is 0 Å². The van der Waals surface area contributed by atoms with Gasteiger partial charge >= 0.3 is 5.97 Å². The van der Waals surface area contributed by atoms with Crippen molar-refractivity contribution in [1.82, 2.24) is 4.98 Å². The van der Waals surface area contributed by atoms with Gasteiger partial charge in [-0.15, -0.1) is 0 Å². The summed E-state index contributed by atoms with van der Waals surface area (Å²) in [5.74, 6) is -0.243. The van der Waals surface area contributed by atoms with Gasteiger partial charge in [-0.05, 0) is 18.2 Å². The van der Waals surface area contributed by atoms with Crippen molar-refractivity contribution < 1.29 is 14.6 Å². The Labute approximate surface area is 98.5 Å². The van der Waals surface area contributed by atoms with E-state index in [1.807, 2.05) is 30.3 Å². The summed E-state index contributed by atoms with van der Waals surface area (Å²) < 4.78 is 5.49. The molecule has 1 heterocycles. The third kappa shape index (κ3) is 3.04. The van der Waals surface area contributed by atoms with Crippen molar-refractivity contribution in [3.8, 4) is 5.75 Å². The Hall–Kier alpha value is -2.36. The van der Waals surface area contributed by atoms with Crippen LogP contribution >= 0.6 is 0 Å². The van der Waals surface area contributed by atoms with E-state index < -0.39 is 5.97 Å². The monoisotopic (exact) mass is 229 g/mol. The fraction of sp³-hybridized carbons (Fsp3) is 0.0769. The highest BCUT2D eigenvalue weighted by atomic mass is 16.5. The molecule has 0 fully saturated rings. The summed E-state index contributed by atoms with van der Waals surface area (Å²) >= 11 is 0. The molecular weight excluding hydrogens is 218 g/mol. The summed E-state index contributed by atoms with van der Waals surface area (Å²) in [5.41, 5.74) is 0.896. The van der Waals surface area contributed by atoms with Crippen LogP contribution in [-0.4, -0.2) is 16.1 Å². The third-order valence-corrected chi connectivity index (χ3v) is 2.19. The third-order valence-electron chi connectivity index (χ3n) is 2.19. The number of pyridine rings is 1. The summed E-state index contributed by atoms with van der Waals surface area (Å²) in [4.78, 5) is 14.6. The standard InChI is InChI=1S/C13H11NO3/c15-13(16)11-6-10(7-14-8-11)9-17-12-4-2-1-3-5-12/h1-8H,9H2,(H,15,16). The van der Waals surface area contributed by atoms with Crippen molar-refractivity contribution >= 4 is 5.97 Å². The van der Waals surface area contributed by atoms with E-state index in [1.54, 1.807) is 12.3 Å². The van der Waals surface area contributed by atoms with E-state index in [2.05, 4.69) is 4.98 Å². The van der Waals surface area contributed by atoms with Gasteiger partial charge < -0.3 is 9.84 Å². The van der Waals surface area contributed by atoms with Crippen LogP contribution in [0.25, 0.3) is 0 Å². The number of benzene rings is 1. The van der Waals surface area contributed by atoms with E-state index in [0.717, 1.165) is 11.3 Å². The lowest BCUT2D eigenvalue weighted by Gasteiger charge is -2.05. The first-order chi connectivity index (χ1) is 8.25. The highest BCUT2D eigenvalue weighted by Gasteiger charge is 2.04. The lowest BCUT2D eigenvalue weighted by atomic mass is 10.2. The topological polar surface area (TPSA) is 59.4 Å². The first kappa shape index (κ1) is 11.1. The van der Waals surface area contributed by atoms with Crippen molar-refractivity contribution in [3.05, 3.63) is 59.9 Å². The van der Waals surface area contributed by atoms with Crippen LogP contribution in [0.15, 0.2) is 48.8 Å². The zero-order chi connectivity index (χ0) is 12.1. The molecule has 2 rings (SSSR count). The molecule has 17 heavy (non-hydrogen) atoms. The van der Waals surface area contributed by atoms with Gasteiger partial charge in [-0.25, -0.2) is 4.79 Å². The Kier molecular flexibility index (Phi) is 3.35. The molecule has 0 radical (unpaired) electrons. The van der Waals surface area contributed by atoms with Crippen LogP contribution in [0, 0.1) is 0 Å². The summed E-state index contributed by atoms with van der Waals surface area (Å²) in [7, 11) is 0. The number of carboxylic acids is 1. The number of hydrogen-bond acceptors (Lipinski definition) is 3. The maximum absolute atomic E-state index is 10.7. The van der Waals surface area contributed by atoms with E-state index in [1.165, 1.54) is 6.20 Å². The zero-order valence-electron chi connectivity index (χ0n) is 9.04. The minimum absolute atomic E-state index is 0.166. The molecule has 0 aliphatic carbocycles. The Morgan fingerprint density at radius 1 is 1.24 bits per heavy atom. The fourth-order valence-corrected chi connectivity index (χ4v) is 1.37. The average Bonchev–Trinajstić information content (AvgIpc) is 2.38. The van der Waals surface area contributed by atoms with Gasteiger partial charge in [0.15, 0.2) is 0 Å².